The maximum Gasteiger partial charge on any atom is 0.258 e. The molecule has 1 amide bonds. The molecule has 3 N–H and O–H groups in total. The summed E-state index contributed by atoms with van der Waals surface area (Å²) in [5.74, 6) is 1.51. The number of carbonyl (C=O) groups excluding carboxylic acids is 1. The number of anilines is 1. The van der Waals surface area contributed by atoms with Crippen molar-refractivity contribution in [1.82, 2.24) is 15.3 Å². The van der Waals surface area contributed by atoms with Crippen LogP contribution in [0.1, 0.15) is 15.9 Å². The third-order valence-corrected chi connectivity index (χ3v) is 3.91. The van der Waals surface area contributed by atoms with E-state index in [1.165, 1.54) is 12.5 Å². The first-order valence-corrected chi connectivity index (χ1v) is 8.19. The van der Waals surface area contributed by atoms with E-state index in [0.717, 1.165) is 5.56 Å². The van der Waals surface area contributed by atoms with Crippen molar-refractivity contribution >= 4 is 11.6 Å². The van der Waals surface area contributed by atoms with Crippen molar-refractivity contribution in [3.8, 4) is 23.1 Å². The van der Waals surface area contributed by atoms with E-state index in [0.29, 0.717) is 29.5 Å². The highest BCUT2D eigenvalue weighted by molar-refractivity contribution is 5.96. The average molecular weight is 364 g/mol. The zero-order valence-corrected chi connectivity index (χ0v) is 14.2. The quantitative estimate of drug-likeness (QED) is 0.670. The molecule has 0 spiro atoms. The van der Waals surface area contributed by atoms with Crippen LogP contribution in [-0.4, -0.2) is 22.7 Å². The van der Waals surface area contributed by atoms with Crippen LogP contribution in [0.5, 0.6) is 23.1 Å². The number of fused-ring (bicyclic) bond motifs is 1. The summed E-state index contributed by atoms with van der Waals surface area (Å²) < 4.78 is 16.4. The summed E-state index contributed by atoms with van der Waals surface area (Å²) in [4.78, 5) is 20.5. The van der Waals surface area contributed by atoms with Gasteiger partial charge in [-0.1, -0.05) is 12.1 Å². The average Bonchev–Trinajstić information content (AvgIpc) is 3.15. The van der Waals surface area contributed by atoms with Crippen molar-refractivity contribution in [3.63, 3.8) is 0 Å². The molecule has 27 heavy (non-hydrogen) atoms. The number of nitrogens with zero attached hydrogens (tertiary/aromatic N) is 2. The number of hydrogen-bond acceptors (Lipinski definition) is 7. The molecule has 4 rings (SSSR count). The van der Waals surface area contributed by atoms with Gasteiger partial charge in [-0.15, -0.1) is 0 Å². The monoisotopic (exact) mass is 364 g/mol. The van der Waals surface area contributed by atoms with Crippen LogP contribution in [0.3, 0.4) is 0 Å². The Morgan fingerprint density at radius 3 is 2.81 bits per heavy atom. The van der Waals surface area contributed by atoms with E-state index in [2.05, 4.69) is 15.3 Å². The zero-order chi connectivity index (χ0) is 18.6. The highest BCUT2D eigenvalue weighted by Crippen LogP contribution is 2.36. The van der Waals surface area contributed by atoms with Gasteiger partial charge in [-0.2, -0.15) is 0 Å². The van der Waals surface area contributed by atoms with Gasteiger partial charge < -0.3 is 25.3 Å². The van der Waals surface area contributed by atoms with Crippen LogP contribution >= 0.6 is 0 Å². The Kier molecular flexibility index (Phi) is 4.44. The van der Waals surface area contributed by atoms with Crippen molar-refractivity contribution in [2.24, 2.45) is 0 Å². The predicted octanol–water partition coefficient (Wildman–Crippen LogP) is 2.51. The normalized spacial score (nSPS) is 11.9. The van der Waals surface area contributed by atoms with Gasteiger partial charge in [0.2, 0.25) is 12.7 Å². The lowest BCUT2D eigenvalue weighted by Crippen LogP contribution is -2.23. The number of nitrogens with two attached hydrogens (primary N) is 1. The first-order chi connectivity index (χ1) is 13.2. The molecule has 2 heterocycles. The van der Waals surface area contributed by atoms with E-state index in [4.69, 9.17) is 19.9 Å². The minimum atomic E-state index is -0.344. The minimum Gasteiger partial charge on any atom is -0.454 e. The molecule has 0 saturated heterocycles. The van der Waals surface area contributed by atoms with Crippen LogP contribution in [0, 0.1) is 0 Å². The molecule has 0 saturated carbocycles. The minimum absolute atomic E-state index is 0.152. The molecule has 0 bridgehead atoms. The molecule has 0 fully saturated rings. The van der Waals surface area contributed by atoms with Crippen LogP contribution < -0.4 is 25.3 Å². The summed E-state index contributed by atoms with van der Waals surface area (Å²) in [7, 11) is 0. The van der Waals surface area contributed by atoms with Gasteiger partial charge in [0.05, 0.1) is 0 Å². The number of benzene rings is 2. The van der Waals surface area contributed by atoms with Crippen LogP contribution in [0.4, 0.5) is 5.69 Å². The summed E-state index contributed by atoms with van der Waals surface area (Å²) in [6.07, 6.45) is 2.73. The second-order valence-corrected chi connectivity index (χ2v) is 5.78. The number of nitrogen functional groups attached to an aromatic ring is 1. The molecular weight excluding hydrogens is 348 g/mol. The van der Waals surface area contributed by atoms with E-state index < -0.39 is 0 Å². The lowest BCUT2D eigenvalue weighted by molar-refractivity contribution is 0.0947. The standard InChI is InChI=1S/C19H16N4O4/c20-13-3-1-12(2-4-13)8-22-18(24)15-9-21-10-23-19(15)27-14-5-6-16-17(7-14)26-11-25-16/h1-7,9-10H,8,11,20H2,(H,22,24). The zero-order valence-electron chi connectivity index (χ0n) is 14.2. The summed E-state index contributed by atoms with van der Waals surface area (Å²) in [6.45, 7) is 0.516. The van der Waals surface area contributed by atoms with E-state index in [1.807, 2.05) is 12.1 Å². The van der Waals surface area contributed by atoms with Crippen LogP contribution in [0.2, 0.25) is 0 Å². The largest absolute Gasteiger partial charge is 0.454 e. The predicted molar refractivity (Wildman–Crippen MR) is 96.7 cm³/mol. The second-order valence-electron chi connectivity index (χ2n) is 5.78. The summed E-state index contributed by atoms with van der Waals surface area (Å²) in [5, 5.41) is 2.82. The van der Waals surface area contributed by atoms with E-state index in [-0.39, 0.29) is 24.1 Å². The summed E-state index contributed by atoms with van der Waals surface area (Å²) >= 11 is 0. The van der Waals surface area contributed by atoms with Crippen molar-refractivity contribution < 1.29 is 19.0 Å². The van der Waals surface area contributed by atoms with Gasteiger partial charge in [0.15, 0.2) is 11.5 Å². The van der Waals surface area contributed by atoms with Crippen molar-refractivity contribution in [2.45, 2.75) is 6.54 Å². The van der Waals surface area contributed by atoms with E-state index in [9.17, 15) is 4.79 Å². The molecular formula is C19H16N4O4. The Bertz CT molecular complexity index is 976. The Hall–Kier alpha value is -3.81. The molecule has 1 aromatic heterocycles. The maximum atomic E-state index is 12.5. The fourth-order valence-corrected chi connectivity index (χ4v) is 2.52. The number of hydrogen-bond donors (Lipinski definition) is 2. The lowest BCUT2D eigenvalue weighted by Gasteiger charge is -2.10. The van der Waals surface area contributed by atoms with Crippen LogP contribution in [0.15, 0.2) is 55.0 Å². The molecule has 2 aromatic carbocycles. The highest BCUT2D eigenvalue weighted by Gasteiger charge is 2.18. The Balaban J connectivity index is 1.48. The Morgan fingerprint density at radius 1 is 1.15 bits per heavy atom. The van der Waals surface area contributed by atoms with Gasteiger partial charge in [-0.25, -0.2) is 9.97 Å². The SMILES string of the molecule is Nc1ccc(CNC(=O)c2cncnc2Oc2ccc3c(c2)OCO3)cc1. The number of aromatic nitrogens is 2. The molecule has 1 aliphatic heterocycles. The maximum absolute atomic E-state index is 12.5. The summed E-state index contributed by atoms with van der Waals surface area (Å²) in [5.41, 5.74) is 7.48. The second kappa shape index (κ2) is 7.20. The fourth-order valence-electron chi connectivity index (χ4n) is 2.52. The molecule has 8 nitrogen and oxygen atoms in total. The molecule has 0 unspecified atom stereocenters. The van der Waals surface area contributed by atoms with Gasteiger partial charge in [0.25, 0.3) is 5.91 Å². The molecule has 136 valence electrons. The van der Waals surface area contributed by atoms with E-state index >= 15 is 0 Å². The topological polar surface area (TPSA) is 109 Å². The van der Waals surface area contributed by atoms with Crippen molar-refractivity contribution in [3.05, 3.63) is 66.1 Å². The van der Waals surface area contributed by atoms with Crippen LogP contribution in [-0.2, 0) is 6.54 Å². The van der Waals surface area contributed by atoms with Crippen molar-refractivity contribution in [2.75, 3.05) is 12.5 Å². The smallest absolute Gasteiger partial charge is 0.258 e. The molecule has 8 heteroatoms. The molecule has 0 radical (unpaired) electrons. The van der Waals surface area contributed by atoms with Gasteiger partial charge >= 0.3 is 0 Å². The van der Waals surface area contributed by atoms with Gasteiger partial charge in [-0.05, 0) is 29.8 Å². The Morgan fingerprint density at radius 2 is 1.96 bits per heavy atom. The summed E-state index contributed by atoms with van der Waals surface area (Å²) in [6, 6.07) is 12.4. The number of rotatable bonds is 5. The molecule has 3 aromatic rings. The molecule has 0 atom stereocenters. The molecule has 1 aliphatic rings. The fraction of sp³-hybridized carbons (Fsp3) is 0.105. The number of amides is 1. The number of carbonyl (C=O) groups is 1. The van der Waals surface area contributed by atoms with Crippen LogP contribution in [0.25, 0.3) is 0 Å². The first-order valence-electron chi connectivity index (χ1n) is 8.19. The van der Waals surface area contributed by atoms with E-state index in [1.54, 1.807) is 30.3 Å². The van der Waals surface area contributed by atoms with Crippen molar-refractivity contribution in [1.29, 1.82) is 0 Å². The highest BCUT2D eigenvalue weighted by atomic mass is 16.7. The lowest BCUT2D eigenvalue weighted by atomic mass is 10.2. The first kappa shape index (κ1) is 16.6. The third kappa shape index (κ3) is 3.74. The number of ether oxygens (including phenoxy) is 3. The van der Waals surface area contributed by atoms with Gasteiger partial charge in [0.1, 0.15) is 17.6 Å². The van der Waals surface area contributed by atoms with Gasteiger partial charge in [0, 0.05) is 24.5 Å². The Labute approximate surface area is 154 Å². The third-order valence-electron chi connectivity index (χ3n) is 3.91. The molecule has 0 aliphatic carbocycles. The van der Waals surface area contributed by atoms with Gasteiger partial charge in [-0.3, -0.25) is 4.79 Å². The number of nitrogens with one attached hydrogen (secondary N) is 1.